The van der Waals surface area contributed by atoms with E-state index in [4.69, 9.17) is 4.52 Å². The van der Waals surface area contributed by atoms with Crippen molar-refractivity contribution in [2.45, 2.75) is 58.9 Å². The Morgan fingerprint density at radius 1 is 1.25 bits per heavy atom. The molecular formula is C18H30N4O2. The lowest BCUT2D eigenvalue weighted by molar-refractivity contribution is -0.139. The minimum absolute atomic E-state index is 0.192. The maximum atomic E-state index is 12.8. The topological polar surface area (TPSA) is 62.5 Å². The SMILES string of the molecule is Cc1nc(CC2CCN(C(=O)C3CCCN(C(C)C)C3)CC2)no1. The van der Waals surface area contributed by atoms with Gasteiger partial charge >= 0.3 is 0 Å². The van der Waals surface area contributed by atoms with E-state index in [1.807, 2.05) is 6.92 Å². The monoisotopic (exact) mass is 334 g/mol. The molecule has 0 N–H and O–H groups in total. The third-order valence-corrected chi connectivity index (χ3v) is 5.50. The predicted octanol–water partition coefficient (Wildman–Crippen LogP) is 2.28. The molecule has 2 fully saturated rings. The van der Waals surface area contributed by atoms with Gasteiger partial charge in [0, 0.05) is 39.0 Å². The van der Waals surface area contributed by atoms with E-state index >= 15 is 0 Å². The van der Waals surface area contributed by atoms with Gasteiger partial charge in [-0.1, -0.05) is 5.16 Å². The van der Waals surface area contributed by atoms with Gasteiger partial charge in [0.2, 0.25) is 11.8 Å². The third-order valence-electron chi connectivity index (χ3n) is 5.50. The Bertz CT molecular complexity index is 549. The number of hydrogen-bond donors (Lipinski definition) is 0. The Kier molecular flexibility index (Phi) is 5.54. The van der Waals surface area contributed by atoms with Crippen LogP contribution in [0.15, 0.2) is 4.52 Å². The fourth-order valence-corrected chi connectivity index (χ4v) is 3.98. The molecule has 3 rings (SSSR count). The lowest BCUT2D eigenvalue weighted by Gasteiger charge is -2.39. The molecule has 24 heavy (non-hydrogen) atoms. The van der Waals surface area contributed by atoms with E-state index in [0.717, 1.165) is 64.1 Å². The van der Waals surface area contributed by atoms with Gasteiger partial charge in [-0.2, -0.15) is 4.98 Å². The molecule has 1 amide bonds. The number of nitrogens with zero attached hydrogens (tertiary/aromatic N) is 4. The maximum Gasteiger partial charge on any atom is 0.226 e. The zero-order valence-corrected chi connectivity index (χ0v) is 15.2. The second kappa shape index (κ2) is 7.64. The molecule has 0 aliphatic carbocycles. The highest BCUT2D eigenvalue weighted by molar-refractivity contribution is 5.79. The van der Waals surface area contributed by atoms with Crippen molar-refractivity contribution in [3.8, 4) is 0 Å². The average Bonchev–Trinajstić information content (AvgIpc) is 3.00. The first-order valence-electron chi connectivity index (χ1n) is 9.35. The molecule has 1 unspecified atom stereocenters. The number of carbonyl (C=O) groups is 1. The summed E-state index contributed by atoms with van der Waals surface area (Å²) in [5, 5.41) is 3.99. The van der Waals surface area contributed by atoms with Crippen LogP contribution in [0.4, 0.5) is 0 Å². The summed E-state index contributed by atoms with van der Waals surface area (Å²) in [4.78, 5) is 21.7. The molecule has 6 nitrogen and oxygen atoms in total. The van der Waals surface area contributed by atoms with Crippen LogP contribution < -0.4 is 0 Å². The van der Waals surface area contributed by atoms with Crippen LogP contribution in [-0.4, -0.2) is 58.1 Å². The first-order valence-corrected chi connectivity index (χ1v) is 9.35. The van der Waals surface area contributed by atoms with Gasteiger partial charge in [0.1, 0.15) is 0 Å². The number of likely N-dealkylation sites (tertiary alicyclic amines) is 2. The Balaban J connectivity index is 1.48. The number of piperidine rings is 2. The van der Waals surface area contributed by atoms with Crippen LogP contribution in [0, 0.1) is 18.8 Å². The number of rotatable bonds is 4. The summed E-state index contributed by atoms with van der Waals surface area (Å²) in [6, 6.07) is 0.532. The Labute approximate surface area is 144 Å². The van der Waals surface area contributed by atoms with Gasteiger partial charge in [0.25, 0.3) is 0 Å². The minimum atomic E-state index is 0.192. The van der Waals surface area contributed by atoms with Crippen molar-refractivity contribution in [2.24, 2.45) is 11.8 Å². The van der Waals surface area contributed by atoms with Gasteiger partial charge in [-0.3, -0.25) is 4.79 Å². The first kappa shape index (κ1) is 17.4. The molecule has 6 heteroatoms. The van der Waals surface area contributed by atoms with E-state index < -0.39 is 0 Å². The average molecular weight is 334 g/mol. The predicted molar refractivity (Wildman–Crippen MR) is 91.5 cm³/mol. The second-order valence-electron chi connectivity index (χ2n) is 7.63. The molecule has 1 aromatic heterocycles. The lowest BCUT2D eigenvalue weighted by atomic mass is 9.90. The fourth-order valence-electron chi connectivity index (χ4n) is 3.98. The largest absolute Gasteiger partial charge is 0.342 e. The molecule has 1 aromatic rings. The molecule has 2 saturated heterocycles. The summed E-state index contributed by atoms with van der Waals surface area (Å²) >= 11 is 0. The van der Waals surface area contributed by atoms with Crippen molar-refractivity contribution in [3.05, 3.63) is 11.7 Å². The van der Waals surface area contributed by atoms with Crippen LogP contribution in [0.3, 0.4) is 0 Å². The quantitative estimate of drug-likeness (QED) is 0.845. The molecule has 0 spiro atoms. The normalized spacial score (nSPS) is 23.8. The highest BCUT2D eigenvalue weighted by atomic mass is 16.5. The van der Waals surface area contributed by atoms with Gasteiger partial charge in [0.15, 0.2) is 5.82 Å². The van der Waals surface area contributed by atoms with Crippen molar-refractivity contribution in [3.63, 3.8) is 0 Å². The molecule has 134 valence electrons. The summed E-state index contributed by atoms with van der Waals surface area (Å²) in [6.45, 7) is 10.1. The van der Waals surface area contributed by atoms with Gasteiger partial charge < -0.3 is 14.3 Å². The maximum absolute atomic E-state index is 12.8. The van der Waals surface area contributed by atoms with Crippen molar-refractivity contribution in [2.75, 3.05) is 26.2 Å². The Morgan fingerprint density at radius 3 is 2.62 bits per heavy atom. The van der Waals surface area contributed by atoms with E-state index in [9.17, 15) is 4.79 Å². The van der Waals surface area contributed by atoms with Crippen LogP contribution in [0.1, 0.15) is 51.2 Å². The van der Waals surface area contributed by atoms with E-state index in [2.05, 4.69) is 33.8 Å². The number of aryl methyl sites for hydroxylation is 1. The zero-order valence-electron chi connectivity index (χ0n) is 15.2. The third kappa shape index (κ3) is 4.15. The minimum Gasteiger partial charge on any atom is -0.342 e. The van der Waals surface area contributed by atoms with Crippen molar-refractivity contribution >= 4 is 5.91 Å². The van der Waals surface area contributed by atoms with Crippen LogP contribution >= 0.6 is 0 Å². The molecule has 0 radical (unpaired) electrons. The molecule has 0 aromatic carbocycles. The number of amides is 1. The Morgan fingerprint density at radius 2 is 2.00 bits per heavy atom. The Hall–Kier alpha value is -1.43. The van der Waals surface area contributed by atoms with Crippen molar-refractivity contribution in [1.82, 2.24) is 19.9 Å². The smallest absolute Gasteiger partial charge is 0.226 e. The van der Waals surface area contributed by atoms with Crippen LogP contribution in [0.5, 0.6) is 0 Å². The summed E-state index contributed by atoms with van der Waals surface area (Å²) < 4.78 is 5.04. The summed E-state index contributed by atoms with van der Waals surface area (Å²) in [5.41, 5.74) is 0. The van der Waals surface area contributed by atoms with E-state index in [1.54, 1.807) is 0 Å². The van der Waals surface area contributed by atoms with Gasteiger partial charge in [-0.05, 0) is 52.0 Å². The number of hydrogen-bond acceptors (Lipinski definition) is 5. The molecule has 2 aliphatic rings. The highest BCUT2D eigenvalue weighted by Crippen LogP contribution is 2.25. The van der Waals surface area contributed by atoms with Gasteiger partial charge in [-0.15, -0.1) is 0 Å². The van der Waals surface area contributed by atoms with E-state index in [-0.39, 0.29) is 5.92 Å². The fraction of sp³-hybridized carbons (Fsp3) is 0.833. The molecule has 3 heterocycles. The standard InChI is InChI=1S/C18H30N4O2/c1-13(2)22-8-4-5-16(12-22)18(23)21-9-6-15(7-10-21)11-17-19-14(3)24-20-17/h13,15-16H,4-12H2,1-3H3. The zero-order chi connectivity index (χ0) is 17.1. The summed E-state index contributed by atoms with van der Waals surface area (Å²) in [7, 11) is 0. The van der Waals surface area contributed by atoms with Gasteiger partial charge in [0.05, 0.1) is 5.92 Å². The van der Waals surface area contributed by atoms with Crippen molar-refractivity contribution < 1.29 is 9.32 Å². The molecular weight excluding hydrogens is 304 g/mol. The van der Waals surface area contributed by atoms with Crippen LogP contribution in [0.2, 0.25) is 0 Å². The summed E-state index contributed by atoms with van der Waals surface area (Å²) in [6.07, 6.45) is 5.14. The molecule has 2 aliphatic heterocycles. The second-order valence-corrected chi connectivity index (χ2v) is 7.63. The lowest BCUT2D eigenvalue weighted by Crippen LogP contribution is -2.48. The van der Waals surface area contributed by atoms with E-state index in [1.165, 1.54) is 0 Å². The first-order chi connectivity index (χ1) is 11.5. The molecule has 0 bridgehead atoms. The number of carbonyl (C=O) groups excluding carboxylic acids is 1. The number of aromatic nitrogens is 2. The highest BCUT2D eigenvalue weighted by Gasteiger charge is 2.32. The summed E-state index contributed by atoms with van der Waals surface area (Å²) in [5.74, 6) is 2.55. The van der Waals surface area contributed by atoms with Crippen LogP contribution in [-0.2, 0) is 11.2 Å². The van der Waals surface area contributed by atoms with Gasteiger partial charge in [-0.25, -0.2) is 0 Å². The molecule has 1 atom stereocenters. The molecule has 0 saturated carbocycles. The van der Waals surface area contributed by atoms with E-state index in [0.29, 0.717) is 23.8 Å². The van der Waals surface area contributed by atoms with Crippen LogP contribution in [0.25, 0.3) is 0 Å². The van der Waals surface area contributed by atoms with Crippen molar-refractivity contribution in [1.29, 1.82) is 0 Å².